The zero-order valence-corrected chi connectivity index (χ0v) is 10.6. The molecule has 1 N–H and O–H groups in total. The molecule has 1 heterocycles. The number of aliphatic hydroxyl groups is 1. The Balaban J connectivity index is 2.53. The molecule has 0 radical (unpaired) electrons. The number of thiazole rings is 1. The van der Waals surface area contributed by atoms with E-state index in [9.17, 15) is 5.11 Å². The number of rotatable bonds is 2. The average molecular weight is 233 g/mol. The van der Waals surface area contributed by atoms with E-state index in [1.807, 2.05) is 6.92 Å². The van der Waals surface area contributed by atoms with Crippen LogP contribution in [0.2, 0.25) is 0 Å². The molecule has 0 aliphatic rings. The van der Waals surface area contributed by atoms with E-state index in [2.05, 4.69) is 37.0 Å². The van der Waals surface area contributed by atoms with Gasteiger partial charge in [-0.25, -0.2) is 4.98 Å². The van der Waals surface area contributed by atoms with Gasteiger partial charge in [-0.2, -0.15) is 0 Å². The Bertz CT molecular complexity index is 517. The summed E-state index contributed by atoms with van der Waals surface area (Å²) in [5.74, 6) is 0. The lowest BCUT2D eigenvalue weighted by Gasteiger charge is -2.04. The molecule has 0 unspecified atom stereocenters. The van der Waals surface area contributed by atoms with Gasteiger partial charge in [0.1, 0.15) is 0 Å². The first-order valence-electron chi connectivity index (χ1n) is 5.26. The van der Waals surface area contributed by atoms with Gasteiger partial charge in [0.05, 0.1) is 22.2 Å². The highest BCUT2D eigenvalue weighted by Crippen LogP contribution is 2.29. The summed E-state index contributed by atoms with van der Waals surface area (Å²) in [6.07, 6.45) is 0. The van der Waals surface area contributed by atoms with Crippen LogP contribution in [0.4, 0.5) is 0 Å². The van der Waals surface area contributed by atoms with E-state index in [-0.39, 0.29) is 6.61 Å². The first kappa shape index (κ1) is 11.3. The van der Waals surface area contributed by atoms with Gasteiger partial charge in [0, 0.05) is 5.56 Å². The van der Waals surface area contributed by atoms with Crippen LogP contribution in [-0.2, 0) is 6.61 Å². The van der Waals surface area contributed by atoms with Crippen LogP contribution in [0.3, 0.4) is 0 Å². The number of benzene rings is 1. The average Bonchev–Trinajstić information content (AvgIpc) is 2.63. The van der Waals surface area contributed by atoms with Crippen LogP contribution in [0.25, 0.3) is 11.3 Å². The predicted molar refractivity (Wildman–Crippen MR) is 67.7 cm³/mol. The van der Waals surface area contributed by atoms with Gasteiger partial charge in [0.2, 0.25) is 0 Å². The Labute approximate surface area is 99.6 Å². The Hall–Kier alpha value is -1.19. The van der Waals surface area contributed by atoms with Gasteiger partial charge in [-0.1, -0.05) is 12.1 Å². The number of hydrogen-bond acceptors (Lipinski definition) is 3. The molecule has 2 nitrogen and oxygen atoms in total. The summed E-state index contributed by atoms with van der Waals surface area (Å²) in [6, 6.07) is 6.29. The number of aliphatic hydroxyl groups excluding tert-OH is 1. The third-order valence-electron chi connectivity index (χ3n) is 2.73. The molecule has 0 saturated carbocycles. The maximum atomic E-state index is 9.29. The van der Waals surface area contributed by atoms with E-state index in [0.717, 1.165) is 21.1 Å². The lowest BCUT2D eigenvalue weighted by Crippen LogP contribution is -1.88. The van der Waals surface area contributed by atoms with Crippen LogP contribution >= 0.6 is 11.3 Å². The maximum Gasteiger partial charge on any atom is 0.0905 e. The minimum atomic E-state index is 0.0633. The van der Waals surface area contributed by atoms with Crippen molar-refractivity contribution in [1.29, 1.82) is 0 Å². The van der Waals surface area contributed by atoms with Crippen molar-refractivity contribution in [2.24, 2.45) is 0 Å². The largest absolute Gasteiger partial charge is 0.391 e. The third kappa shape index (κ3) is 2.01. The van der Waals surface area contributed by atoms with Crippen molar-refractivity contribution in [2.75, 3.05) is 0 Å². The standard InChI is InChI=1S/C13H15NOS/c1-8-4-5-11(6-9(8)2)13-12(7-15)16-10(3)14-13/h4-6,15H,7H2,1-3H3. The van der Waals surface area contributed by atoms with Crippen LogP contribution < -0.4 is 0 Å². The molecule has 1 aromatic heterocycles. The lowest BCUT2D eigenvalue weighted by molar-refractivity contribution is 0.286. The molecule has 0 amide bonds. The summed E-state index contributed by atoms with van der Waals surface area (Å²) in [7, 11) is 0. The molecule has 0 fully saturated rings. The zero-order chi connectivity index (χ0) is 11.7. The van der Waals surface area contributed by atoms with E-state index >= 15 is 0 Å². The molecule has 2 rings (SSSR count). The molecule has 0 atom stereocenters. The van der Waals surface area contributed by atoms with Gasteiger partial charge in [-0.3, -0.25) is 0 Å². The summed E-state index contributed by atoms with van der Waals surface area (Å²) >= 11 is 1.56. The molecule has 0 aliphatic heterocycles. The topological polar surface area (TPSA) is 33.1 Å². The van der Waals surface area contributed by atoms with Crippen LogP contribution in [0, 0.1) is 20.8 Å². The molecule has 2 aromatic rings. The van der Waals surface area contributed by atoms with Crippen molar-refractivity contribution in [1.82, 2.24) is 4.98 Å². The zero-order valence-electron chi connectivity index (χ0n) is 9.74. The number of hydrogen-bond donors (Lipinski definition) is 1. The Kier molecular flexibility index (Phi) is 3.08. The number of aromatic nitrogens is 1. The second kappa shape index (κ2) is 4.36. The van der Waals surface area contributed by atoms with E-state index in [1.165, 1.54) is 11.1 Å². The highest BCUT2D eigenvalue weighted by atomic mass is 32.1. The summed E-state index contributed by atoms with van der Waals surface area (Å²) < 4.78 is 0. The van der Waals surface area contributed by atoms with Crippen LogP contribution in [0.5, 0.6) is 0 Å². The summed E-state index contributed by atoms with van der Waals surface area (Å²) in [6.45, 7) is 6.22. The fourth-order valence-electron chi connectivity index (χ4n) is 1.69. The fourth-order valence-corrected chi connectivity index (χ4v) is 2.51. The number of aryl methyl sites for hydroxylation is 3. The van der Waals surface area contributed by atoms with E-state index in [0.29, 0.717) is 0 Å². The molecule has 0 bridgehead atoms. The molecule has 0 aliphatic carbocycles. The fraction of sp³-hybridized carbons (Fsp3) is 0.308. The normalized spacial score (nSPS) is 10.8. The Morgan fingerprint density at radius 1 is 1.19 bits per heavy atom. The molecule has 0 spiro atoms. The highest BCUT2D eigenvalue weighted by Gasteiger charge is 2.10. The number of nitrogens with zero attached hydrogens (tertiary/aromatic N) is 1. The van der Waals surface area contributed by atoms with Crippen molar-refractivity contribution in [2.45, 2.75) is 27.4 Å². The predicted octanol–water partition coefficient (Wildman–Crippen LogP) is 3.23. The van der Waals surface area contributed by atoms with E-state index < -0.39 is 0 Å². The van der Waals surface area contributed by atoms with Gasteiger partial charge in [0.15, 0.2) is 0 Å². The molecule has 16 heavy (non-hydrogen) atoms. The van der Waals surface area contributed by atoms with Crippen molar-refractivity contribution >= 4 is 11.3 Å². The van der Waals surface area contributed by atoms with Gasteiger partial charge >= 0.3 is 0 Å². The van der Waals surface area contributed by atoms with Crippen molar-refractivity contribution < 1.29 is 5.11 Å². The SMILES string of the molecule is Cc1nc(-c2ccc(C)c(C)c2)c(CO)s1. The van der Waals surface area contributed by atoms with Crippen molar-refractivity contribution in [3.8, 4) is 11.3 Å². The first-order chi connectivity index (χ1) is 7.61. The molecule has 3 heteroatoms. The second-order valence-electron chi connectivity index (χ2n) is 3.96. The second-order valence-corrected chi connectivity index (χ2v) is 5.25. The van der Waals surface area contributed by atoms with Crippen molar-refractivity contribution in [3.63, 3.8) is 0 Å². The van der Waals surface area contributed by atoms with Crippen molar-refractivity contribution in [3.05, 3.63) is 39.2 Å². The van der Waals surface area contributed by atoms with Crippen LogP contribution in [-0.4, -0.2) is 10.1 Å². The summed E-state index contributed by atoms with van der Waals surface area (Å²) in [5, 5.41) is 10.3. The molecule has 1 aromatic carbocycles. The van der Waals surface area contributed by atoms with E-state index in [4.69, 9.17) is 0 Å². The van der Waals surface area contributed by atoms with Crippen LogP contribution in [0.15, 0.2) is 18.2 Å². The monoisotopic (exact) mass is 233 g/mol. The van der Waals surface area contributed by atoms with Gasteiger partial charge in [-0.05, 0) is 38.0 Å². The maximum absolute atomic E-state index is 9.29. The third-order valence-corrected chi connectivity index (χ3v) is 3.68. The minimum absolute atomic E-state index is 0.0633. The molecule has 84 valence electrons. The summed E-state index contributed by atoms with van der Waals surface area (Å²) in [5.41, 5.74) is 4.55. The first-order valence-corrected chi connectivity index (χ1v) is 6.08. The molecular weight excluding hydrogens is 218 g/mol. The van der Waals surface area contributed by atoms with Gasteiger partial charge in [0.25, 0.3) is 0 Å². The van der Waals surface area contributed by atoms with E-state index in [1.54, 1.807) is 11.3 Å². The highest BCUT2D eigenvalue weighted by molar-refractivity contribution is 7.12. The van der Waals surface area contributed by atoms with Gasteiger partial charge in [-0.15, -0.1) is 11.3 Å². The van der Waals surface area contributed by atoms with Gasteiger partial charge < -0.3 is 5.11 Å². The Morgan fingerprint density at radius 3 is 2.56 bits per heavy atom. The van der Waals surface area contributed by atoms with Crippen LogP contribution in [0.1, 0.15) is 21.0 Å². The Morgan fingerprint density at radius 2 is 1.94 bits per heavy atom. The minimum Gasteiger partial charge on any atom is -0.391 e. The smallest absolute Gasteiger partial charge is 0.0905 e. The lowest BCUT2D eigenvalue weighted by atomic mass is 10.0. The molecular formula is C13H15NOS. The molecule has 0 saturated heterocycles. The summed E-state index contributed by atoms with van der Waals surface area (Å²) in [4.78, 5) is 5.43. The quantitative estimate of drug-likeness (QED) is 0.864.